The molecular weight excluding hydrogens is 475 g/mol. The van der Waals surface area contributed by atoms with Crippen molar-refractivity contribution in [2.24, 2.45) is 7.05 Å². The van der Waals surface area contributed by atoms with E-state index in [1.165, 1.54) is 18.3 Å². The molecule has 9 nitrogen and oxygen atoms in total. The SMILES string of the molecule is Cn1cc(-c2ccc3ncc(C(=O)Nc4cc(-c5noc(C6CC(F)(F)C6)n5)ccc4F)n3c2)cn1. The van der Waals surface area contributed by atoms with E-state index in [-0.39, 0.29) is 35.9 Å². The summed E-state index contributed by atoms with van der Waals surface area (Å²) in [5.74, 6) is -4.24. The molecule has 5 aromatic rings. The molecule has 0 unspecified atom stereocenters. The van der Waals surface area contributed by atoms with Crippen LogP contribution < -0.4 is 5.32 Å². The number of nitrogens with zero attached hydrogens (tertiary/aromatic N) is 6. The molecular formula is C24H18F3N7O2. The first-order valence-electron chi connectivity index (χ1n) is 11.0. The summed E-state index contributed by atoms with van der Waals surface area (Å²) in [6.07, 6.45) is 6.02. The number of carbonyl (C=O) groups excluding carboxylic acids is 1. The van der Waals surface area contributed by atoms with E-state index in [1.54, 1.807) is 27.5 Å². The summed E-state index contributed by atoms with van der Waals surface area (Å²) < 4.78 is 49.3. The molecule has 0 atom stereocenters. The van der Waals surface area contributed by atoms with Crippen molar-refractivity contribution in [3.8, 4) is 22.5 Å². The van der Waals surface area contributed by atoms with Gasteiger partial charge in [0.25, 0.3) is 5.91 Å². The molecule has 36 heavy (non-hydrogen) atoms. The lowest BCUT2D eigenvalue weighted by Crippen LogP contribution is -2.33. The van der Waals surface area contributed by atoms with Gasteiger partial charge in [-0.05, 0) is 30.3 Å². The van der Waals surface area contributed by atoms with E-state index in [2.05, 4.69) is 25.5 Å². The fraction of sp³-hybridized carbons (Fsp3) is 0.208. The smallest absolute Gasteiger partial charge is 0.274 e. The summed E-state index contributed by atoms with van der Waals surface area (Å²) in [7, 11) is 1.81. The second-order valence-electron chi connectivity index (χ2n) is 8.76. The highest BCUT2D eigenvalue weighted by atomic mass is 19.3. The van der Waals surface area contributed by atoms with Gasteiger partial charge in [-0.3, -0.25) is 13.9 Å². The van der Waals surface area contributed by atoms with Crippen LogP contribution in [0, 0.1) is 5.82 Å². The first kappa shape index (κ1) is 22.0. The lowest BCUT2D eigenvalue weighted by Gasteiger charge is -2.31. The number of fused-ring (bicyclic) bond motifs is 1. The van der Waals surface area contributed by atoms with E-state index < -0.39 is 23.6 Å². The van der Waals surface area contributed by atoms with Gasteiger partial charge in [-0.2, -0.15) is 10.1 Å². The van der Waals surface area contributed by atoms with E-state index in [0.717, 1.165) is 17.2 Å². The zero-order valence-corrected chi connectivity index (χ0v) is 18.8. The number of aryl methyl sites for hydroxylation is 1. The van der Waals surface area contributed by atoms with E-state index in [0.29, 0.717) is 11.2 Å². The van der Waals surface area contributed by atoms with Crippen LogP contribution in [0.3, 0.4) is 0 Å². The topological polar surface area (TPSA) is 103 Å². The van der Waals surface area contributed by atoms with E-state index in [4.69, 9.17) is 4.52 Å². The van der Waals surface area contributed by atoms with Gasteiger partial charge in [0, 0.05) is 54.9 Å². The summed E-state index contributed by atoms with van der Waals surface area (Å²) in [6.45, 7) is 0. The highest BCUT2D eigenvalue weighted by Gasteiger charge is 2.48. The third-order valence-corrected chi connectivity index (χ3v) is 6.13. The number of hydrogen-bond donors (Lipinski definition) is 1. The van der Waals surface area contributed by atoms with Crippen LogP contribution >= 0.6 is 0 Å². The number of anilines is 1. The van der Waals surface area contributed by atoms with Crippen LogP contribution in [0.4, 0.5) is 18.9 Å². The highest BCUT2D eigenvalue weighted by Crippen LogP contribution is 2.48. The second-order valence-corrected chi connectivity index (χ2v) is 8.76. The number of halogens is 3. The standard InChI is InChI=1S/C24H18F3N7O2/c1-33-11-16(9-29-33)14-3-5-20-28-10-19(34(20)12-14)22(35)30-18-6-13(2-4-17(18)25)21-31-23(36-32-21)15-7-24(26,27)8-15/h2-6,9-12,15H,7-8H2,1H3,(H,30,35). The molecule has 0 bridgehead atoms. The maximum atomic E-state index is 14.6. The number of nitrogens with one attached hydrogen (secondary N) is 1. The number of pyridine rings is 1. The number of carbonyl (C=O) groups is 1. The summed E-state index contributed by atoms with van der Waals surface area (Å²) >= 11 is 0. The fourth-order valence-corrected chi connectivity index (χ4v) is 4.19. The van der Waals surface area contributed by atoms with Crippen LogP contribution in [0.25, 0.3) is 28.2 Å². The fourth-order valence-electron chi connectivity index (χ4n) is 4.19. The van der Waals surface area contributed by atoms with E-state index >= 15 is 0 Å². The average molecular weight is 493 g/mol. The summed E-state index contributed by atoms with van der Waals surface area (Å²) in [4.78, 5) is 21.5. The van der Waals surface area contributed by atoms with Gasteiger partial charge in [0.2, 0.25) is 17.6 Å². The Balaban J connectivity index is 1.26. The van der Waals surface area contributed by atoms with Crippen molar-refractivity contribution >= 4 is 17.2 Å². The van der Waals surface area contributed by atoms with Gasteiger partial charge < -0.3 is 9.84 Å². The number of amides is 1. The van der Waals surface area contributed by atoms with Crippen molar-refractivity contribution in [2.45, 2.75) is 24.7 Å². The Bertz CT molecular complexity index is 1610. The maximum absolute atomic E-state index is 14.6. The van der Waals surface area contributed by atoms with E-state index in [9.17, 15) is 18.0 Å². The molecule has 0 aliphatic heterocycles. The largest absolute Gasteiger partial charge is 0.339 e. The molecule has 1 aliphatic carbocycles. The van der Waals surface area contributed by atoms with Crippen LogP contribution in [0.5, 0.6) is 0 Å². The molecule has 0 spiro atoms. The minimum absolute atomic E-state index is 0.0996. The number of rotatable bonds is 5. The van der Waals surface area contributed by atoms with Crippen molar-refractivity contribution < 1.29 is 22.5 Å². The van der Waals surface area contributed by atoms with Gasteiger partial charge in [0.1, 0.15) is 17.2 Å². The van der Waals surface area contributed by atoms with Crippen molar-refractivity contribution in [3.05, 3.63) is 72.5 Å². The predicted octanol–water partition coefficient (Wildman–Crippen LogP) is 4.69. The Labute approximate surface area is 201 Å². The minimum Gasteiger partial charge on any atom is -0.339 e. The van der Waals surface area contributed by atoms with Gasteiger partial charge in [-0.1, -0.05) is 5.16 Å². The molecule has 1 aromatic carbocycles. The molecule has 1 N–H and O–H groups in total. The molecule has 4 heterocycles. The molecule has 0 saturated heterocycles. The van der Waals surface area contributed by atoms with E-state index in [1.807, 2.05) is 19.3 Å². The Morgan fingerprint density at radius 3 is 2.67 bits per heavy atom. The molecule has 1 saturated carbocycles. The van der Waals surface area contributed by atoms with Crippen LogP contribution in [0.1, 0.15) is 35.1 Å². The Hall–Kier alpha value is -4.48. The quantitative estimate of drug-likeness (QED) is 0.381. The Kier molecular flexibility index (Phi) is 4.92. The third kappa shape index (κ3) is 3.89. The van der Waals surface area contributed by atoms with Crippen molar-refractivity contribution in [1.29, 1.82) is 0 Å². The summed E-state index contributed by atoms with van der Waals surface area (Å²) in [5, 5.41) is 10.6. The molecule has 1 fully saturated rings. The van der Waals surface area contributed by atoms with Gasteiger partial charge in [0.05, 0.1) is 18.1 Å². The Morgan fingerprint density at radius 1 is 1.11 bits per heavy atom. The maximum Gasteiger partial charge on any atom is 0.274 e. The first-order valence-corrected chi connectivity index (χ1v) is 11.0. The molecule has 182 valence electrons. The molecule has 1 aliphatic rings. The van der Waals surface area contributed by atoms with Gasteiger partial charge in [0.15, 0.2) is 0 Å². The number of benzene rings is 1. The Morgan fingerprint density at radius 2 is 1.92 bits per heavy atom. The van der Waals surface area contributed by atoms with Gasteiger partial charge >= 0.3 is 0 Å². The van der Waals surface area contributed by atoms with Crippen molar-refractivity contribution in [1.82, 2.24) is 29.3 Å². The predicted molar refractivity (Wildman–Crippen MR) is 122 cm³/mol. The summed E-state index contributed by atoms with van der Waals surface area (Å²) in [5.41, 5.74) is 2.70. The molecule has 1 amide bonds. The van der Waals surface area contributed by atoms with Gasteiger partial charge in [-0.15, -0.1) is 0 Å². The molecule has 0 radical (unpaired) electrons. The lowest BCUT2D eigenvalue weighted by molar-refractivity contribution is -0.0925. The monoisotopic (exact) mass is 493 g/mol. The first-order chi connectivity index (χ1) is 17.3. The lowest BCUT2D eigenvalue weighted by atomic mass is 9.81. The number of hydrogen-bond acceptors (Lipinski definition) is 6. The van der Waals surface area contributed by atoms with Crippen LogP contribution in [-0.4, -0.2) is 41.1 Å². The van der Waals surface area contributed by atoms with Crippen molar-refractivity contribution in [2.75, 3.05) is 5.32 Å². The number of imidazole rings is 1. The zero-order valence-electron chi connectivity index (χ0n) is 18.8. The molecule has 6 rings (SSSR count). The van der Waals surface area contributed by atoms with Crippen LogP contribution in [0.2, 0.25) is 0 Å². The zero-order chi connectivity index (χ0) is 25.0. The molecule has 4 aromatic heterocycles. The molecule has 12 heteroatoms. The average Bonchev–Trinajstić information content (AvgIpc) is 3.58. The number of aromatic nitrogens is 6. The number of alkyl halides is 2. The van der Waals surface area contributed by atoms with Crippen molar-refractivity contribution in [3.63, 3.8) is 0 Å². The normalized spacial score (nSPS) is 15.2. The third-order valence-electron chi connectivity index (χ3n) is 6.13. The van der Waals surface area contributed by atoms with Crippen LogP contribution in [0.15, 0.2) is 59.6 Å². The van der Waals surface area contributed by atoms with Crippen LogP contribution in [-0.2, 0) is 7.05 Å². The minimum atomic E-state index is -2.72. The summed E-state index contributed by atoms with van der Waals surface area (Å²) in [6, 6.07) is 7.58. The highest BCUT2D eigenvalue weighted by molar-refractivity contribution is 6.03. The second kappa shape index (κ2) is 8.04. The van der Waals surface area contributed by atoms with Gasteiger partial charge in [-0.25, -0.2) is 18.2 Å².